The van der Waals surface area contributed by atoms with Crippen LogP contribution in [0.25, 0.3) is 11.1 Å². The molecule has 0 bridgehead atoms. The Labute approximate surface area is 223 Å². The summed E-state index contributed by atoms with van der Waals surface area (Å²) in [5.41, 5.74) is 2.58. The van der Waals surface area contributed by atoms with Crippen LogP contribution < -0.4 is 9.47 Å². The average Bonchev–Trinajstić information content (AvgIpc) is 3.76. The Morgan fingerprint density at radius 1 is 1.11 bits per heavy atom. The second-order valence-corrected chi connectivity index (χ2v) is 10.6. The van der Waals surface area contributed by atoms with Gasteiger partial charge in [0, 0.05) is 11.0 Å². The molecule has 2 atom stereocenters. The summed E-state index contributed by atoms with van der Waals surface area (Å²) in [6, 6.07) is 17.6. The van der Waals surface area contributed by atoms with Gasteiger partial charge >= 0.3 is 5.97 Å². The molecule has 0 heterocycles. The van der Waals surface area contributed by atoms with Crippen LogP contribution in [-0.4, -0.2) is 23.3 Å². The van der Waals surface area contributed by atoms with Crippen LogP contribution >= 0.6 is 0 Å². The highest BCUT2D eigenvalue weighted by molar-refractivity contribution is 5.71. The van der Waals surface area contributed by atoms with Crippen LogP contribution in [-0.2, 0) is 11.4 Å². The van der Waals surface area contributed by atoms with E-state index < -0.39 is 23.3 Å². The largest absolute Gasteiger partial charge is 0.497 e. The molecule has 1 saturated carbocycles. The molecule has 0 aliphatic heterocycles. The summed E-state index contributed by atoms with van der Waals surface area (Å²) >= 11 is 0. The van der Waals surface area contributed by atoms with E-state index in [-0.39, 0.29) is 18.9 Å². The molecular weight excluding hydrogens is 483 g/mol. The lowest BCUT2D eigenvalue weighted by atomic mass is 9.79. The highest BCUT2D eigenvalue weighted by Crippen LogP contribution is 2.45. The highest BCUT2D eigenvalue weighted by atomic mass is 19.1. The van der Waals surface area contributed by atoms with Crippen molar-refractivity contribution in [3.8, 4) is 22.6 Å². The van der Waals surface area contributed by atoms with Crippen molar-refractivity contribution in [1.29, 1.82) is 0 Å². The summed E-state index contributed by atoms with van der Waals surface area (Å²) in [6.07, 6.45) is 2.95. The van der Waals surface area contributed by atoms with Crippen molar-refractivity contribution in [3.63, 3.8) is 0 Å². The number of hydrogen-bond acceptors (Lipinski definition) is 4. The first-order valence-electron chi connectivity index (χ1n) is 12.9. The predicted molar refractivity (Wildman–Crippen MR) is 146 cm³/mol. The first-order valence-corrected chi connectivity index (χ1v) is 12.9. The fourth-order valence-corrected chi connectivity index (χ4v) is 4.77. The molecule has 0 unspecified atom stereocenters. The van der Waals surface area contributed by atoms with E-state index in [0.29, 0.717) is 34.1 Å². The van der Waals surface area contributed by atoms with Crippen LogP contribution in [0.1, 0.15) is 61.8 Å². The molecule has 38 heavy (non-hydrogen) atoms. The third-order valence-electron chi connectivity index (χ3n) is 7.38. The molecule has 0 amide bonds. The first kappa shape index (κ1) is 27.4. The Balaban J connectivity index is 1.63. The number of aliphatic carboxylic acids is 1. The molecule has 4 rings (SSSR count). The quantitative estimate of drug-likeness (QED) is 0.246. The Hall–Kier alpha value is -3.64. The van der Waals surface area contributed by atoms with E-state index in [1.807, 2.05) is 50.2 Å². The fourth-order valence-electron chi connectivity index (χ4n) is 4.77. The van der Waals surface area contributed by atoms with Crippen LogP contribution in [0.4, 0.5) is 4.39 Å². The number of benzene rings is 3. The van der Waals surface area contributed by atoms with Gasteiger partial charge in [0.2, 0.25) is 0 Å². The van der Waals surface area contributed by atoms with Crippen molar-refractivity contribution >= 4 is 5.97 Å². The van der Waals surface area contributed by atoms with Crippen LogP contribution in [0.2, 0.25) is 0 Å². The monoisotopic (exact) mass is 518 g/mol. The Kier molecular flexibility index (Phi) is 8.22. The minimum Gasteiger partial charge on any atom is -0.497 e. The van der Waals surface area contributed by atoms with Gasteiger partial charge in [0.1, 0.15) is 23.9 Å². The van der Waals surface area contributed by atoms with Gasteiger partial charge in [-0.15, -0.1) is 6.58 Å². The maximum absolute atomic E-state index is 14.9. The van der Waals surface area contributed by atoms with Crippen molar-refractivity contribution in [2.24, 2.45) is 11.3 Å². The van der Waals surface area contributed by atoms with Gasteiger partial charge in [-0.3, -0.25) is 4.79 Å². The van der Waals surface area contributed by atoms with Crippen molar-refractivity contribution in [1.82, 2.24) is 0 Å². The Bertz CT molecular complexity index is 1310. The van der Waals surface area contributed by atoms with Gasteiger partial charge in [-0.1, -0.05) is 44.2 Å². The van der Waals surface area contributed by atoms with Gasteiger partial charge in [-0.05, 0) is 83.3 Å². The molecule has 0 saturated heterocycles. The van der Waals surface area contributed by atoms with Crippen molar-refractivity contribution in [2.45, 2.75) is 51.7 Å². The molecule has 2 N–H and O–H groups in total. The molecule has 1 aliphatic rings. The first-order chi connectivity index (χ1) is 18.1. The molecule has 0 radical (unpaired) electrons. The Morgan fingerprint density at radius 3 is 2.53 bits per heavy atom. The van der Waals surface area contributed by atoms with Crippen LogP contribution in [0.15, 0.2) is 73.3 Å². The molecule has 0 spiro atoms. The zero-order chi connectivity index (χ0) is 27.4. The van der Waals surface area contributed by atoms with Crippen molar-refractivity contribution < 1.29 is 28.9 Å². The maximum Gasteiger partial charge on any atom is 0.303 e. The smallest absolute Gasteiger partial charge is 0.303 e. The zero-order valence-electron chi connectivity index (χ0n) is 22.1. The minimum absolute atomic E-state index is 0.0176. The molecule has 1 aliphatic carbocycles. The van der Waals surface area contributed by atoms with E-state index in [1.165, 1.54) is 13.2 Å². The number of carbonyl (C=O) groups is 1. The minimum atomic E-state index is -0.945. The van der Waals surface area contributed by atoms with Gasteiger partial charge in [-0.2, -0.15) is 0 Å². The lowest BCUT2D eigenvalue weighted by Crippen LogP contribution is -2.20. The van der Waals surface area contributed by atoms with E-state index >= 15 is 0 Å². The molecule has 3 aromatic rings. The molecule has 200 valence electrons. The Morgan fingerprint density at radius 2 is 1.87 bits per heavy atom. The van der Waals surface area contributed by atoms with Crippen LogP contribution in [0.3, 0.4) is 0 Å². The standard InChI is InChI=1S/C32H35FO5/c1-5-32(2,3)31(36)28-15-20(9-13-25(28)27-17-23(37-4)12-14-29(27)33)19-38-24-8-6-7-22(16-24)26(18-30(34)35)21-10-11-21/h5-9,12-17,21,26,31,36H,1,10-11,18-19H2,2-4H3,(H,34,35)/t26-,31+/m1/s1. The number of carboxylic acid groups (broad SMARTS) is 1. The normalized spacial score (nSPS) is 15.0. The highest BCUT2D eigenvalue weighted by Gasteiger charge is 2.34. The summed E-state index contributed by atoms with van der Waals surface area (Å²) in [4.78, 5) is 11.4. The van der Waals surface area contributed by atoms with Crippen molar-refractivity contribution in [3.05, 3.63) is 95.8 Å². The number of aliphatic hydroxyl groups is 1. The third-order valence-corrected chi connectivity index (χ3v) is 7.38. The fraction of sp³-hybridized carbons (Fsp3) is 0.344. The van der Waals surface area contributed by atoms with Crippen LogP contribution in [0.5, 0.6) is 11.5 Å². The molecule has 5 nitrogen and oxygen atoms in total. The molecule has 6 heteroatoms. The van der Waals surface area contributed by atoms with Crippen molar-refractivity contribution in [2.75, 3.05) is 7.11 Å². The van der Waals surface area contributed by atoms with E-state index in [2.05, 4.69) is 6.58 Å². The SMILES string of the molecule is C=CC(C)(C)[C@@H](O)c1cc(COc2cccc([C@H](CC(=O)O)C3CC3)c2)ccc1-c1cc(OC)ccc1F. The van der Waals surface area contributed by atoms with Gasteiger partial charge in [0.15, 0.2) is 0 Å². The van der Waals surface area contributed by atoms with E-state index in [4.69, 9.17) is 9.47 Å². The molecule has 3 aromatic carbocycles. The molecular formula is C32H35FO5. The lowest BCUT2D eigenvalue weighted by Gasteiger charge is -2.29. The number of halogens is 1. The second-order valence-electron chi connectivity index (χ2n) is 10.6. The topological polar surface area (TPSA) is 76.0 Å². The second kappa shape index (κ2) is 11.4. The molecule has 0 aromatic heterocycles. The summed E-state index contributed by atoms with van der Waals surface area (Å²) in [6.45, 7) is 7.84. The number of aliphatic hydroxyl groups excluding tert-OH is 1. The number of rotatable bonds is 12. The lowest BCUT2D eigenvalue weighted by molar-refractivity contribution is -0.137. The number of carboxylic acids is 1. The number of hydrogen-bond donors (Lipinski definition) is 2. The summed E-state index contributed by atoms with van der Waals surface area (Å²) in [5.74, 6) is 0.344. The average molecular weight is 519 g/mol. The number of ether oxygens (including phenoxy) is 2. The van der Waals surface area contributed by atoms with Gasteiger partial charge < -0.3 is 19.7 Å². The summed E-state index contributed by atoms with van der Waals surface area (Å²) in [7, 11) is 1.53. The maximum atomic E-state index is 14.9. The van der Waals surface area contributed by atoms with E-state index in [0.717, 1.165) is 24.0 Å². The molecule has 1 fully saturated rings. The third kappa shape index (κ3) is 6.25. The van der Waals surface area contributed by atoms with Gasteiger partial charge in [0.25, 0.3) is 0 Å². The number of methoxy groups -OCH3 is 1. The van der Waals surface area contributed by atoms with E-state index in [1.54, 1.807) is 24.3 Å². The van der Waals surface area contributed by atoms with Gasteiger partial charge in [-0.25, -0.2) is 4.39 Å². The van der Waals surface area contributed by atoms with Crippen LogP contribution in [0, 0.1) is 17.2 Å². The van der Waals surface area contributed by atoms with E-state index in [9.17, 15) is 19.4 Å². The predicted octanol–water partition coefficient (Wildman–Crippen LogP) is 7.29. The summed E-state index contributed by atoms with van der Waals surface area (Å²) < 4.78 is 26.3. The van der Waals surface area contributed by atoms with Gasteiger partial charge in [0.05, 0.1) is 19.6 Å². The zero-order valence-corrected chi connectivity index (χ0v) is 22.1. The summed E-state index contributed by atoms with van der Waals surface area (Å²) in [5, 5.41) is 20.7.